The Balaban J connectivity index is 1.81. The first-order valence-corrected chi connectivity index (χ1v) is 10.8. The van der Waals surface area contributed by atoms with Crippen LogP contribution in [0.1, 0.15) is 51.5 Å². The van der Waals surface area contributed by atoms with E-state index in [1.54, 1.807) is 12.1 Å². The molecule has 2 saturated heterocycles. The van der Waals surface area contributed by atoms with Crippen LogP contribution in [0.5, 0.6) is 11.5 Å². The van der Waals surface area contributed by atoms with Gasteiger partial charge in [-0.2, -0.15) is 0 Å². The molecule has 0 aromatic heterocycles. The fraction of sp³-hybridized carbons (Fsp3) is 0.565. The minimum absolute atomic E-state index is 0.157. The number of fused-ring (bicyclic) bond motifs is 2. The number of carboxylic acids is 2. The average molecular weight is 448 g/mol. The number of esters is 2. The summed E-state index contributed by atoms with van der Waals surface area (Å²) in [4.78, 5) is 45.7. The van der Waals surface area contributed by atoms with Crippen molar-refractivity contribution in [2.24, 2.45) is 11.8 Å². The molecule has 32 heavy (non-hydrogen) atoms. The summed E-state index contributed by atoms with van der Waals surface area (Å²) in [5, 5.41) is 18.7. The Labute approximate surface area is 186 Å². The summed E-state index contributed by atoms with van der Waals surface area (Å²) < 4.78 is 11.1. The predicted molar refractivity (Wildman–Crippen MR) is 112 cm³/mol. The number of hydrogen-bond acceptors (Lipinski definition) is 6. The molecule has 2 aliphatic heterocycles. The minimum atomic E-state index is -1.08. The summed E-state index contributed by atoms with van der Waals surface area (Å²) in [5.41, 5.74) is 0.912. The summed E-state index contributed by atoms with van der Waals surface area (Å²) in [5.74, 6) is -3.82. The van der Waals surface area contributed by atoms with E-state index in [0.717, 1.165) is 22.9 Å². The van der Waals surface area contributed by atoms with Crippen LogP contribution in [-0.4, -0.2) is 57.7 Å². The molecule has 3 unspecified atom stereocenters. The highest BCUT2D eigenvalue weighted by molar-refractivity contribution is 5.78. The Bertz CT molecular complexity index is 913. The maximum atomic E-state index is 11.7. The van der Waals surface area contributed by atoms with Crippen molar-refractivity contribution in [2.45, 2.75) is 64.6 Å². The van der Waals surface area contributed by atoms with Crippen LogP contribution in [0.4, 0.5) is 0 Å². The number of benzene rings is 1. The Kier molecular flexibility index (Phi) is 6.88. The van der Waals surface area contributed by atoms with Gasteiger partial charge in [-0.1, -0.05) is 0 Å². The van der Waals surface area contributed by atoms with Gasteiger partial charge in [-0.25, -0.2) is 0 Å². The van der Waals surface area contributed by atoms with Crippen LogP contribution in [-0.2, 0) is 25.7 Å². The van der Waals surface area contributed by atoms with Crippen LogP contribution in [0.3, 0.4) is 0 Å². The second-order valence-electron chi connectivity index (χ2n) is 9.13. The SMILES string of the molecule is CC(=O)Oc1ccc(C[N+]2(C)C3CCC2CC(C(CC(=O)O)C(=O)O)C3)cc1OC(C)=O. The van der Waals surface area contributed by atoms with Gasteiger partial charge in [0, 0.05) is 45.1 Å². The number of carboxylic acid groups (broad SMARTS) is 2. The topological polar surface area (TPSA) is 127 Å². The van der Waals surface area contributed by atoms with E-state index in [1.165, 1.54) is 13.8 Å². The molecule has 0 spiro atoms. The highest BCUT2D eigenvalue weighted by atomic mass is 16.6. The number of nitrogens with zero attached hydrogens (tertiary/aromatic N) is 1. The number of aliphatic carboxylic acids is 2. The zero-order valence-corrected chi connectivity index (χ0v) is 18.6. The van der Waals surface area contributed by atoms with Crippen molar-refractivity contribution >= 4 is 23.9 Å². The largest absolute Gasteiger partial charge is 0.481 e. The standard InChI is InChI=1S/C23H29NO8/c1-13(25)31-20-7-4-15(8-21(20)32-14(2)26)12-24(3)17-5-6-18(24)10-16(9-17)19(23(29)30)11-22(27)28/h4,7-8,16-19H,5-6,9-12H2,1-3H3,(H-,27,28,29,30)/p+1. The molecule has 1 aromatic rings. The molecule has 2 heterocycles. The van der Waals surface area contributed by atoms with Crippen LogP contribution < -0.4 is 9.47 Å². The summed E-state index contributed by atoms with van der Waals surface area (Å²) in [6, 6.07) is 5.60. The molecule has 1 aromatic carbocycles. The molecule has 0 amide bonds. The van der Waals surface area contributed by atoms with Gasteiger partial charge in [-0.15, -0.1) is 0 Å². The van der Waals surface area contributed by atoms with Gasteiger partial charge in [0.1, 0.15) is 6.54 Å². The van der Waals surface area contributed by atoms with Crippen molar-refractivity contribution in [3.8, 4) is 11.5 Å². The van der Waals surface area contributed by atoms with Crippen molar-refractivity contribution < 1.29 is 43.3 Å². The molecule has 9 nitrogen and oxygen atoms in total. The minimum Gasteiger partial charge on any atom is -0.481 e. The Morgan fingerprint density at radius 3 is 2.06 bits per heavy atom. The third-order valence-electron chi connectivity index (χ3n) is 6.97. The van der Waals surface area contributed by atoms with Gasteiger partial charge in [0.05, 0.1) is 31.5 Å². The van der Waals surface area contributed by atoms with E-state index in [0.29, 0.717) is 19.4 Å². The van der Waals surface area contributed by atoms with Gasteiger partial charge in [-0.3, -0.25) is 19.2 Å². The molecule has 2 aliphatic rings. The quantitative estimate of drug-likeness (QED) is 0.353. The van der Waals surface area contributed by atoms with E-state index in [4.69, 9.17) is 14.6 Å². The van der Waals surface area contributed by atoms with Crippen LogP contribution in [0.15, 0.2) is 18.2 Å². The molecule has 174 valence electrons. The zero-order chi connectivity index (χ0) is 23.6. The lowest BCUT2D eigenvalue weighted by atomic mass is 9.78. The van der Waals surface area contributed by atoms with Crippen LogP contribution in [0.2, 0.25) is 0 Å². The highest BCUT2D eigenvalue weighted by Gasteiger charge is 2.53. The number of carbonyl (C=O) groups is 4. The molecular weight excluding hydrogens is 418 g/mol. The summed E-state index contributed by atoms with van der Waals surface area (Å²) in [6.45, 7) is 3.20. The number of ether oxygens (including phenoxy) is 2. The lowest BCUT2D eigenvalue weighted by molar-refractivity contribution is -0.962. The molecule has 3 atom stereocenters. The van der Waals surface area contributed by atoms with Crippen molar-refractivity contribution in [3.05, 3.63) is 23.8 Å². The maximum absolute atomic E-state index is 11.7. The fourth-order valence-electron chi connectivity index (χ4n) is 5.53. The molecule has 0 radical (unpaired) electrons. The molecule has 0 aliphatic carbocycles. The first kappa shape index (κ1) is 23.7. The van der Waals surface area contributed by atoms with E-state index in [-0.39, 0.29) is 35.9 Å². The predicted octanol–water partition coefficient (Wildman–Crippen LogP) is 2.60. The second-order valence-corrected chi connectivity index (χ2v) is 9.13. The average Bonchev–Trinajstić information content (AvgIpc) is 2.84. The molecule has 0 saturated carbocycles. The summed E-state index contributed by atoms with van der Waals surface area (Å²) >= 11 is 0. The van der Waals surface area contributed by atoms with Crippen LogP contribution >= 0.6 is 0 Å². The maximum Gasteiger partial charge on any atom is 0.308 e. The Morgan fingerprint density at radius 1 is 1.00 bits per heavy atom. The smallest absolute Gasteiger partial charge is 0.308 e. The lowest BCUT2D eigenvalue weighted by Gasteiger charge is -2.48. The van der Waals surface area contributed by atoms with E-state index in [9.17, 15) is 24.3 Å². The molecule has 9 heteroatoms. The van der Waals surface area contributed by atoms with Crippen molar-refractivity contribution in [1.29, 1.82) is 0 Å². The molecule has 2 fully saturated rings. The first-order valence-electron chi connectivity index (χ1n) is 10.8. The van der Waals surface area contributed by atoms with Gasteiger partial charge >= 0.3 is 23.9 Å². The van der Waals surface area contributed by atoms with Crippen LogP contribution in [0, 0.1) is 11.8 Å². The molecule has 3 rings (SSSR count). The van der Waals surface area contributed by atoms with Gasteiger partial charge < -0.3 is 24.2 Å². The molecule has 2 N–H and O–H groups in total. The summed E-state index contributed by atoms with van der Waals surface area (Å²) in [7, 11) is 2.15. The first-order chi connectivity index (χ1) is 15.0. The summed E-state index contributed by atoms with van der Waals surface area (Å²) in [6.07, 6.45) is 2.89. The monoisotopic (exact) mass is 448 g/mol. The van der Waals surface area contributed by atoms with Crippen LogP contribution in [0.25, 0.3) is 0 Å². The highest BCUT2D eigenvalue weighted by Crippen LogP contribution is 2.47. The Morgan fingerprint density at radius 2 is 1.56 bits per heavy atom. The fourth-order valence-corrected chi connectivity index (χ4v) is 5.53. The lowest BCUT2D eigenvalue weighted by Crippen LogP contribution is -2.57. The van der Waals surface area contributed by atoms with Gasteiger partial charge in [0.2, 0.25) is 0 Å². The van der Waals surface area contributed by atoms with E-state index in [1.807, 2.05) is 6.07 Å². The van der Waals surface area contributed by atoms with Gasteiger partial charge in [0.15, 0.2) is 11.5 Å². The number of piperidine rings is 1. The van der Waals surface area contributed by atoms with E-state index in [2.05, 4.69) is 7.05 Å². The zero-order valence-electron chi connectivity index (χ0n) is 18.6. The molecular formula is C23H30NO8+. The van der Waals surface area contributed by atoms with E-state index < -0.39 is 29.8 Å². The number of carbonyl (C=O) groups excluding carboxylic acids is 2. The Hall–Kier alpha value is -2.94. The third-order valence-corrected chi connectivity index (χ3v) is 6.97. The number of rotatable bonds is 8. The second kappa shape index (κ2) is 9.28. The number of quaternary nitrogens is 1. The van der Waals surface area contributed by atoms with Crippen molar-refractivity contribution in [2.75, 3.05) is 7.05 Å². The third kappa shape index (κ3) is 5.09. The van der Waals surface area contributed by atoms with Gasteiger partial charge in [0.25, 0.3) is 0 Å². The van der Waals surface area contributed by atoms with Crippen molar-refractivity contribution in [3.63, 3.8) is 0 Å². The normalized spacial score (nSPS) is 27.4. The van der Waals surface area contributed by atoms with Gasteiger partial charge in [-0.05, 0) is 24.1 Å². The van der Waals surface area contributed by atoms with Crippen molar-refractivity contribution in [1.82, 2.24) is 0 Å². The molecule has 2 bridgehead atoms. The van der Waals surface area contributed by atoms with E-state index >= 15 is 0 Å². The number of hydrogen-bond donors (Lipinski definition) is 2.